The topological polar surface area (TPSA) is 38.9 Å². The number of aromatic nitrogens is 1. The zero-order chi connectivity index (χ0) is 9.97. The van der Waals surface area contributed by atoms with Crippen LogP contribution in [-0.4, -0.2) is 11.0 Å². The molecule has 0 aliphatic rings. The van der Waals surface area contributed by atoms with Gasteiger partial charge in [-0.25, -0.2) is 4.98 Å². The summed E-state index contributed by atoms with van der Waals surface area (Å²) in [6.07, 6.45) is 2.11. The highest BCUT2D eigenvalue weighted by Crippen LogP contribution is 2.19. The van der Waals surface area contributed by atoms with Crippen LogP contribution in [0.2, 0.25) is 0 Å². The molecular formula is C11H14N2S. The predicted octanol–water partition coefficient (Wildman–Crippen LogP) is 2.58. The maximum atomic E-state index is 5.72. The lowest BCUT2D eigenvalue weighted by atomic mass is 10.1. The minimum atomic E-state index is 0.284. The molecule has 2 N–H and O–H groups in total. The molecule has 3 heteroatoms. The van der Waals surface area contributed by atoms with Crippen molar-refractivity contribution >= 4 is 21.6 Å². The Morgan fingerprint density at radius 2 is 2.36 bits per heavy atom. The molecule has 0 fully saturated rings. The SMILES string of the molecule is CC(N)CCc1ccc2ncsc2c1. The number of hydrogen-bond donors (Lipinski definition) is 1. The van der Waals surface area contributed by atoms with E-state index in [1.807, 2.05) is 12.4 Å². The van der Waals surface area contributed by atoms with Crippen LogP contribution in [0.3, 0.4) is 0 Å². The molecule has 1 unspecified atom stereocenters. The van der Waals surface area contributed by atoms with E-state index in [2.05, 4.69) is 23.2 Å². The molecule has 0 saturated carbocycles. The average molecular weight is 206 g/mol. The molecule has 0 aliphatic carbocycles. The molecule has 1 atom stereocenters. The number of thiazole rings is 1. The van der Waals surface area contributed by atoms with Gasteiger partial charge in [-0.3, -0.25) is 0 Å². The number of hydrogen-bond acceptors (Lipinski definition) is 3. The molecule has 1 aromatic carbocycles. The van der Waals surface area contributed by atoms with Crippen molar-refractivity contribution < 1.29 is 0 Å². The van der Waals surface area contributed by atoms with Gasteiger partial charge in [0.05, 0.1) is 15.7 Å². The van der Waals surface area contributed by atoms with Crippen molar-refractivity contribution in [3.05, 3.63) is 29.3 Å². The van der Waals surface area contributed by atoms with E-state index in [1.54, 1.807) is 11.3 Å². The summed E-state index contributed by atoms with van der Waals surface area (Å²) in [6, 6.07) is 6.73. The van der Waals surface area contributed by atoms with Crippen LogP contribution in [0.5, 0.6) is 0 Å². The van der Waals surface area contributed by atoms with E-state index in [4.69, 9.17) is 5.73 Å². The van der Waals surface area contributed by atoms with Crippen LogP contribution in [0.4, 0.5) is 0 Å². The number of benzene rings is 1. The maximum Gasteiger partial charge on any atom is 0.0812 e. The molecule has 1 heterocycles. The van der Waals surface area contributed by atoms with E-state index >= 15 is 0 Å². The van der Waals surface area contributed by atoms with Gasteiger partial charge in [0, 0.05) is 6.04 Å². The van der Waals surface area contributed by atoms with Gasteiger partial charge in [0.1, 0.15) is 0 Å². The minimum absolute atomic E-state index is 0.284. The molecule has 14 heavy (non-hydrogen) atoms. The normalized spacial score (nSPS) is 13.3. The third-order valence-corrected chi connectivity index (χ3v) is 3.08. The molecule has 2 rings (SSSR count). The Morgan fingerprint density at radius 1 is 1.50 bits per heavy atom. The van der Waals surface area contributed by atoms with Crippen LogP contribution in [-0.2, 0) is 6.42 Å². The molecule has 0 aliphatic heterocycles. The molecule has 0 bridgehead atoms. The van der Waals surface area contributed by atoms with Crippen molar-refractivity contribution in [2.45, 2.75) is 25.8 Å². The van der Waals surface area contributed by atoms with Gasteiger partial charge in [-0.2, -0.15) is 0 Å². The molecule has 74 valence electrons. The van der Waals surface area contributed by atoms with Crippen molar-refractivity contribution in [1.29, 1.82) is 0 Å². The van der Waals surface area contributed by atoms with Crippen LogP contribution in [0.25, 0.3) is 10.2 Å². The monoisotopic (exact) mass is 206 g/mol. The first kappa shape index (κ1) is 9.62. The lowest BCUT2D eigenvalue weighted by molar-refractivity contribution is 0.666. The number of aryl methyl sites for hydroxylation is 1. The van der Waals surface area contributed by atoms with Crippen LogP contribution in [0.1, 0.15) is 18.9 Å². The zero-order valence-electron chi connectivity index (χ0n) is 8.23. The lowest BCUT2D eigenvalue weighted by Crippen LogP contribution is -2.15. The summed E-state index contributed by atoms with van der Waals surface area (Å²) in [7, 11) is 0. The van der Waals surface area contributed by atoms with Gasteiger partial charge in [-0.05, 0) is 37.5 Å². The number of fused-ring (bicyclic) bond motifs is 1. The maximum absolute atomic E-state index is 5.72. The number of nitrogens with zero attached hydrogens (tertiary/aromatic N) is 1. The van der Waals surface area contributed by atoms with Crippen molar-refractivity contribution in [2.75, 3.05) is 0 Å². The van der Waals surface area contributed by atoms with Gasteiger partial charge in [0.15, 0.2) is 0 Å². The molecule has 0 spiro atoms. The number of nitrogens with two attached hydrogens (primary N) is 1. The fraction of sp³-hybridized carbons (Fsp3) is 0.364. The largest absolute Gasteiger partial charge is 0.328 e. The van der Waals surface area contributed by atoms with Crippen molar-refractivity contribution in [1.82, 2.24) is 4.98 Å². The Bertz CT molecular complexity index is 420. The van der Waals surface area contributed by atoms with E-state index in [-0.39, 0.29) is 6.04 Å². The molecule has 0 amide bonds. The second-order valence-corrected chi connectivity index (χ2v) is 4.56. The van der Waals surface area contributed by atoms with E-state index < -0.39 is 0 Å². The molecule has 0 radical (unpaired) electrons. The quantitative estimate of drug-likeness (QED) is 0.838. The zero-order valence-corrected chi connectivity index (χ0v) is 9.05. The van der Waals surface area contributed by atoms with E-state index in [9.17, 15) is 0 Å². The Balaban J connectivity index is 2.17. The van der Waals surface area contributed by atoms with Gasteiger partial charge in [0.25, 0.3) is 0 Å². The summed E-state index contributed by atoms with van der Waals surface area (Å²) in [5.74, 6) is 0. The Hall–Kier alpha value is -0.930. The van der Waals surface area contributed by atoms with Crippen LogP contribution >= 0.6 is 11.3 Å². The summed E-state index contributed by atoms with van der Waals surface area (Å²) in [6.45, 7) is 2.05. The first-order chi connectivity index (χ1) is 6.75. The minimum Gasteiger partial charge on any atom is -0.328 e. The summed E-state index contributed by atoms with van der Waals surface area (Å²) in [5.41, 5.74) is 10.1. The van der Waals surface area contributed by atoms with Gasteiger partial charge in [-0.1, -0.05) is 6.07 Å². The standard InChI is InChI=1S/C11H14N2S/c1-8(12)2-3-9-4-5-10-11(6-9)14-7-13-10/h4-8H,2-3,12H2,1H3. The van der Waals surface area contributed by atoms with Gasteiger partial charge in [0.2, 0.25) is 0 Å². The van der Waals surface area contributed by atoms with Gasteiger partial charge in [-0.15, -0.1) is 11.3 Å². The van der Waals surface area contributed by atoms with Gasteiger partial charge >= 0.3 is 0 Å². The van der Waals surface area contributed by atoms with Crippen LogP contribution in [0, 0.1) is 0 Å². The molecule has 1 aromatic heterocycles. The summed E-state index contributed by atoms with van der Waals surface area (Å²) < 4.78 is 1.27. The summed E-state index contributed by atoms with van der Waals surface area (Å²) >= 11 is 1.69. The number of rotatable bonds is 3. The third kappa shape index (κ3) is 2.11. The molecule has 2 nitrogen and oxygen atoms in total. The first-order valence-corrected chi connectivity index (χ1v) is 5.71. The Kier molecular flexibility index (Phi) is 2.79. The van der Waals surface area contributed by atoms with Crippen molar-refractivity contribution in [3.8, 4) is 0 Å². The molecular weight excluding hydrogens is 192 g/mol. The third-order valence-electron chi connectivity index (χ3n) is 2.28. The molecule has 0 saturated heterocycles. The van der Waals surface area contributed by atoms with Crippen LogP contribution in [0.15, 0.2) is 23.7 Å². The summed E-state index contributed by atoms with van der Waals surface area (Å²) in [4.78, 5) is 4.25. The second kappa shape index (κ2) is 4.07. The highest BCUT2D eigenvalue weighted by Gasteiger charge is 2.00. The smallest absolute Gasteiger partial charge is 0.0812 e. The first-order valence-electron chi connectivity index (χ1n) is 4.83. The summed E-state index contributed by atoms with van der Waals surface area (Å²) in [5, 5.41) is 0. The van der Waals surface area contributed by atoms with Gasteiger partial charge < -0.3 is 5.73 Å². The fourth-order valence-corrected chi connectivity index (χ4v) is 2.19. The Morgan fingerprint density at radius 3 is 3.14 bits per heavy atom. The van der Waals surface area contributed by atoms with Crippen molar-refractivity contribution in [3.63, 3.8) is 0 Å². The van der Waals surface area contributed by atoms with Crippen molar-refractivity contribution in [2.24, 2.45) is 5.73 Å². The second-order valence-electron chi connectivity index (χ2n) is 3.67. The van der Waals surface area contributed by atoms with E-state index in [1.165, 1.54) is 10.3 Å². The predicted molar refractivity (Wildman–Crippen MR) is 61.6 cm³/mol. The Labute approximate surface area is 87.8 Å². The highest BCUT2D eigenvalue weighted by molar-refractivity contribution is 7.16. The molecule has 2 aromatic rings. The average Bonchev–Trinajstić information content (AvgIpc) is 2.61. The van der Waals surface area contributed by atoms with Crippen LogP contribution < -0.4 is 5.73 Å². The van der Waals surface area contributed by atoms with E-state index in [0.717, 1.165) is 18.4 Å². The highest BCUT2D eigenvalue weighted by atomic mass is 32.1. The van der Waals surface area contributed by atoms with E-state index in [0.29, 0.717) is 0 Å². The fourth-order valence-electron chi connectivity index (χ4n) is 1.45. The lowest BCUT2D eigenvalue weighted by Gasteiger charge is -2.04.